The van der Waals surface area contributed by atoms with Gasteiger partial charge < -0.3 is 5.32 Å². The Morgan fingerprint density at radius 2 is 2.25 bits per heavy atom. The van der Waals surface area contributed by atoms with Crippen LogP contribution in [-0.2, 0) is 4.79 Å². The summed E-state index contributed by atoms with van der Waals surface area (Å²) in [6.45, 7) is 0. The van der Waals surface area contributed by atoms with E-state index in [0.717, 1.165) is 0 Å². The molecule has 2 aromatic rings. The van der Waals surface area contributed by atoms with Crippen LogP contribution in [0.3, 0.4) is 0 Å². The van der Waals surface area contributed by atoms with Crippen LogP contribution in [0.5, 0.6) is 0 Å². The van der Waals surface area contributed by atoms with Crippen molar-refractivity contribution >= 4 is 34.1 Å². The fourth-order valence-electron chi connectivity index (χ4n) is 1.27. The molecule has 2 rings (SSSR count). The molecular formula is C9H6ClF2N3O. The SMILES string of the molecule is O=C(Nc1ccc2[nH]ncc2c1Cl)C(F)F. The fraction of sp³-hybridized carbons (Fsp3) is 0.111. The lowest BCUT2D eigenvalue weighted by atomic mass is 10.2. The second-order valence-electron chi connectivity index (χ2n) is 3.05. The van der Waals surface area contributed by atoms with Gasteiger partial charge in [-0.2, -0.15) is 13.9 Å². The molecule has 0 saturated carbocycles. The van der Waals surface area contributed by atoms with Gasteiger partial charge in [0.1, 0.15) is 0 Å². The molecule has 1 aromatic heterocycles. The normalized spacial score (nSPS) is 11.0. The van der Waals surface area contributed by atoms with Crippen molar-refractivity contribution in [3.8, 4) is 0 Å². The number of hydrogen-bond donors (Lipinski definition) is 2. The van der Waals surface area contributed by atoms with Crippen molar-refractivity contribution in [2.24, 2.45) is 0 Å². The number of aromatic nitrogens is 2. The van der Waals surface area contributed by atoms with E-state index in [9.17, 15) is 13.6 Å². The number of aromatic amines is 1. The second kappa shape index (κ2) is 4.05. The minimum atomic E-state index is -3.07. The molecule has 1 aromatic carbocycles. The summed E-state index contributed by atoms with van der Waals surface area (Å²) in [6.07, 6.45) is -1.62. The number of rotatable bonds is 2. The molecule has 0 unspecified atom stereocenters. The predicted octanol–water partition coefficient (Wildman–Crippen LogP) is 2.42. The van der Waals surface area contributed by atoms with Gasteiger partial charge in [0.25, 0.3) is 5.91 Å². The zero-order chi connectivity index (χ0) is 11.7. The Morgan fingerprint density at radius 3 is 2.94 bits per heavy atom. The summed E-state index contributed by atoms with van der Waals surface area (Å²) in [7, 11) is 0. The molecular weight excluding hydrogens is 240 g/mol. The van der Waals surface area contributed by atoms with Crippen molar-refractivity contribution in [2.45, 2.75) is 6.43 Å². The van der Waals surface area contributed by atoms with Crippen molar-refractivity contribution in [1.29, 1.82) is 0 Å². The smallest absolute Gasteiger partial charge is 0.315 e. The maximum Gasteiger partial charge on any atom is 0.315 e. The predicted molar refractivity (Wildman–Crippen MR) is 55.7 cm³/mol. The molecule has 2 N–H and O–H groups in total. The summed E-state index contributed by atoms with van der Waals surface area (Å²) in [5.41, 5.74) is 0.806. The lowest BCUT2D eigenvalue weighted by molar-refractivity contribution is -0.126. The van der Waals surface area contributed by atoms with Crippen molar-refractivity contribution in [3.05, 3.63) is 23.4 Å². The van der Waals surface area contributed by atoms with Crippen LogP contribution in [0, 0.1) is 0 Å². The molecule has 0 aliphatic heterocycles. The minimum Gasteiger partial charge on any atom is -0.320 e. The standard InChI is InChI=1S/C9H6ClF2N3O/c10-7-4-3-13-15-5(4)1-2-6(7)14-9(16)8(11)12/h1-3,8H,(H,13,15)(H,14,16). The van der Waals surface area contributed by atoms with Gasteiger partial charge in [-0.15, -0.1) is 0 Å². The van der Waals surface area contributed by atoms with Crippen molar-refractivity contribution in [3.63, 3.8) is 0 Å². The van der Waals surface area contributed by atoms with Crippen LogP contribution in [0.25, 0.3) is 10.9 Å². The first-order valence-electron chi connectivity index (χ1n) is 4.30. The van der Waals surface area contributed by atoms with E-state index >= 15 is 0 Å². The molecule has 0 aliphatic rings. The third kappa shape index (κ3) is 1.83. The zero-order valence-electron chi connectivity index (χ0n) is 7.80. The van der Waals surface area contributed by atoms with E-state index < -0.39 is 12.3 Å². The Hall–Kier alpha value is -1.69. The third-order valence-electron chi connectivity index (χ3n) is 2.01. The summed E-state index contributed by atoms with van der Waals surface area (Å²) in [5, 5.41) is 9.19. The summed E-state index contributed by atoms with van der Waals surface area (Å²) >= 11 is 5.91. The first kappa shape index (κ1) is 10.8. The highest BCUT2D eigenvalue weighted by atomic mass is 35.5. The molecule has 4 nitrogen and oxygen atoms in total. The van der Waals surface area contributed by atoms with Crippen LogP contribution in [0.4, 0.5) is 14.5 Å². The third-order valence-corrected chi connectivity index (χ3v) is 2.42. The maximum atomic E-state index is 12.0. The first-order valence-corrected chi connectivity index (χ1v) is 4.68. The van der Waals surface area contributed by atoms with E-state index in [1.54, 1.807) is 6.07 Å². The number of fused-ring (bicyclic) bond motifs is 1. The van der Waals surface area contributed by atoms with Crippen LogP contribution < -0.4 is 5.32 Å². The average Bonchev–Trinajstić information content (AvgIpc) is 2.70. The summed E-state index contributed by atoms with van der Waals surface area (Å²) < 4.78 is 24.1. The monoisotopic (exact) mass is 245 g/mol. The van der Waals surface area contributed by atoms with Gasteiger partial charge in [0.05, 0.1) is 22.4 Å². The number of H-pyrrole nitrogens is 1. The quantitative estimate of drug-likeness (QED) is 0.854. The number of alkyl halides is 2. The van der Waals surface area contributed by atoms with Crippen molar-refractivity contribution in [1.82, 2.24) is 10.2 Å². The lowest BCUT2D eigenvalue weighted by Gasteiger charge is -2.06. The summed E-state index contributed by atoms with van der Waals surface area (Å²) in [4.78, 5) is 10.8. The summed E-state index contributed by atoms with van der Waals surface area (Å²) in [5.74, 6) is -1.38. The van der Waals surface area contributed by atoms with Gasteiger partial charge in [0.2, 0.25) is 0 Å². The van der Waals surface area contributed by atoms with Gasteiger partial charge in [-0.25, -0.2) is 0 Å². The number of nitrogens with one attached hydrogen (secondary N) is 2. The van der Waals surface area contributed by atoms with Crippen LogP contribution in [0.2, 0.25) is 5.02 Å². The largest absolute Gasteiger partial charge is 0.320 e. The molecule has 0 aliphatic carbocycles. The van der Waals surface area contributed by atoms with Crippen LogP contribution >= 0.6 is 11.6 Å². The topological polar surface area (TPSA) is 57.8 Å². The molecule has 7 heteroatoms. The molecule has 0 spiro atoms. The highest BCUT2D eigenvalue weighted by Gasteiger charge is 2.17. The van der Waals surface area contributed by atoms with Crippen LogP contribution in [0.1, 0.15) is 0 Å². The number of hydrogen-bond acceptors (Lipinski definition) is 2. The molecule has 0 bridgehead atoms. The Balaban J connectivity index is 2.38. The minimum absolute atomic E-state index is 0.140. The Bertz CT molecular complexity index is 541. The van der Waals surface area contributed by atoms with Gasteiger partial charge in [0, 0.05) is 5.39 Å². The number of benzene rings is 1. The van der Waals surface area contributed by atoms with E-state index in [4.69, 9.17) is 11.6 Å². The average molecular weight is 246 g/mol. The van der Waals surface area contributed by atoms with Crippen LogP contribution in [0.15, 0.2) is 18.3 Å². The zero-order valence-corrected chi connectivity index (χ0v) is 8.55. The number of carbonyl (C=O) groups excluding carboxylic acids is 1. The number of nitrogens with zero attached hydrogens (tertiary/aromatic N) is 1. The number of amides is 1. The van der Waals surface area contributed by atoms with E-state index in [2.05, 4.69) is 10.2 Å². The lowest BCUT2D eigenvalue weighted by Crippen LogP contribution is -2.20. The molecule has 0 atom stereocenters. The number of carbonyl (C=O) groups is 1. The Kier molecular flexibility index (Phi) is 2.74. The van der Waals surface area contributed by atoms with E-state index in [0.29, 0.717) is 10.9 Å². The van der Waals surface area contributed by atoms with Gasteiger partial charge >= 0.3 is 6.43 Å². The fourth-order valence-corrected chi connectivity index (χ4v) is 1.53. The number of halogens is 3. The Labute approximate surface area is 93.6 Å². The summed E-state index contributed by atoms with van der Waals surface area (Å²) in [6, 6.07) is 3.03. The van der Waals surface area contributed by atoms with E-state index in [1.165, 1.54) is 12.3 Å². The highest BCUT2D eigenvalue weighted by molar-refractivity contribution is 6.38. The molecule has 1 heterocycles. The van der Waals surface area contributed by atoms with Crippen molar-refractivity contribution in [2.75, 3.05) is 5.32 Å². The van der Waals surface area contributed by atoms with Gasteiger partial charge in [-0.3, -0.25) is 9.89 Å². The first-order chi connectivity index (χ1) is 7.59. The van der Waals surface area contributed by atoms with E-state index in [1.807, 2.05) is 5.32 Å². The van der Waals surface area contributed by atoms with Crippen molar-refractivity contribution < 1.29 is 13.6 Å². The Morgan fingerprint density at radius 1 is 1.50 bits per heavy atom. The highest BCUT2D eigenvalue weighted by Crippen LogP contribution is 2.29. The molecule has 84 valence electrons. The second-order valence-corrected chi connectivity index (χ2v) is 3.43. The van der Waals surface area contributed by atoms with Gasteiger partial charge in [-0.1, -0.05) is 11.6 Å². The molecule has 0 saturated heterocycles. The molecule has 0 radical (unpaired) electrons. The number of anilines is 1. The molecule has 16 heavy (non-hydrogen) atoms. The van der Waals surface area contributed by atoms with Gasteiger partial charge in [-0.05, 0) is 12.1 Å². The molecule has 1 amide bonds. The van der Waals surface area contributed by atoms with Crippen LogP contribution in [-0.4, -0.2) is 22.5 Å². The van der Waals surface area contributed by atoms with Gasteiger partial charge in [0.15, 0.2) is 0 Å². The maximum absolute atomic E-state index is 12.0. The van der Waals surface area contributed by atoms with E-state index in [-0.39, 0.29) is 10.7 Å². The molecule has 0 fully saturated rings.